The molecule has 2 aromatic rings. The number of likely N-dealkylation sites (N-methyl/N-ethyl adjacent to an activating group) is 1. The quantitative estimate of drug-likeness (QED) is 0.876. The molecule has 25 heavy (non-hydrogen) atoms. The van der Waals surface area contributed by atoms with Crippen molar-refractivity contribution in [3.05, 3.63) is 54.1 Å². The first-order valence-electron chi connectivity index (χ1n) is 8.66. The second-order valence-corrected chi connectivity index (χ2v) is 6.06. The zero-order valence-electron chi connectivity index (χ0n) is 14.7. The SMILES string of the molecule is CCN(Cc1ccccc1)C(=O)[C@@H](C)Nc1ccc2c(c1)OCCO2. The Bertz CT molecular complexity index is 718. The fraction of sp³-hybridized carbons (Fsp3) is 0.350. The van der Waals surface area contributed by atoms with Gasteiger partial charge < -0.3 is 19.7 Å². The van der Waals surface area contributed by atoms with Gasteiger partial charge in [0.25, 0.3) is 0 Å². The minimum atomic E-state index is -0.328. The lowest BCUT2D eigenvalue weighted by molar-refractivity contribution is -0.132. The van der Waals surface area contributed by atoms with Crippen LogP contribution in [0.5, 0.6) is 11.5 Å². The van der Waals surface area contributed by atoms with Crippen molar-refractivity contribution in [2.75, 3.05) is 25.1 Å². The van der Waals surface area contributed by atoms with E-state index in [1.807, 2.05) is 67.3 Å². The number of amides is 1. The molecule has 132 valence electrons. The number of benzene rings is 2. The molecule has 0 spiro atoms. The lowest BCUT2D eigenvalue weighted by Crippen LogP contribution is -2.40. The average molecular weight is 340 g/mol. The Labute approximate surface area is 148 Å². The average Bonchev–Trinajstić information content (AvgIpc) is 2.66. The molecule has 1 aliphatic heterocycles. The van der Waals surface area contributed by atoms with Crippen molar-refractivity contribution in [3.63, 3.8) is 0 Å². The van der Waals surface area contributed by atoms with Gasteiger partial charge in [0.05, 0.1) is 0 Å². The van der Waals surface area contributed by atoms with Gasteiger partial charge in [-0.25, -0.2) is 0 Å². The summed E-state index contributed by atoms with van der Waals surface area (Å²) >= 11 is 0. The van der Waals surface area contributed by atoms with Gasteiger partial charge >= 0.3 is 0 Å². The predicted molar refractivity (Wildman–Crippen MR) is 98.0 cm³/mol. The first-order chi connectivity index (χ1) is 12.2. The van der Waals surface area contributed by atoms with E-state index >= 15 is 0 Å². The molecule has 0 unspecified atom stereocenters. The Hall–Kier alpha value is -2.69. The molecule has 1 amide bonds. The van der Waals surface area contributed by atoms with Crippen LogP contribution in [0.2, 0.25) is 0 Å². The molecular formula is C20H24N2O3. The summed E-state index contributed by atoms with van der Waals surface area (Å²) in [4.78, 5) is 14.6. The highest BCUT2D eigenvalue weighted by Gasteiger charge is 2.20. The van der Waals surface area contributed by atoms with E-state index in [0.717, 1.165) is 17.0 Å². The Kier molecular flexibility index (Phi) is 5.43. The maximum Gasteiger partial charge on any atom is 0.245 e. The summed E-state index contributed by atoms with van der Waals surface area (Å²) in [7, 11) is 0. The molecule has 0 saturated heterocycles. The second-order valence-electron chi connectivity index (χ2n) is 6.06. The summed E-state index contributed by atoms with van der Waals surface area (Å²) in [6, 6.07) is 15.4. The number of carbonyl (C=O) groups excluding carboxylic acids is 1. The number of rotatable bonds is 6. The van der Waals surface area contributed by atoms with Crippen LogP contribution in [0.25, 0.3) is 0 Å². The summed E-state index contributed by atoms with van der Waals surface area (Å²) in [5.41, 5.74) is 1.98. The summed E-state index contributed by atoms with van der Waals surface area (Å²) < 4.78 is 11.1. The van der Waals surface area contributed by atoms with Crippen molar-refractivity contribution in [2.45, 2.75) is 26.4 Å². The van der Waals surface area contributed by atoms with E-state index in [-0.39, 0.29) is 11.9 Å². The number of carbonyl (C=O) groups is 1. The van der Waals surface area contributed by atoms with Crippen LogP contribution in [-0.4, -0.2) is 36.6 Å². The molecule has 1 aliphatic rings. The zero-order valence-corrected chi connectivity index (χ0v) is 14.7. The van der Waals surface area contributed by atoms with E-state index in [4.69, 9.17) is 9.47 Å². The van der Waals surface area contributed by atoms with E-state index in [1.54, 1.807) is 0 Å². The van der Waals surface area contributed by atoms with Crippen LogP contribution in [0.3, 0.4) is 0 Å². The van der Waals surface area contributed by atoms with E-state index in [1.165, 1.54) is 0 Å². The minimum absolute atomic E-state index is 0.0706. The van der Waals surface area contributed by atoms with Crippen molar-refractivity contribution >= 4 is 11.6 Å². The lowest BCUT2D eigenvalue weighted by Gasteiger charge is -2.26. The second kappa shape index (κ2) is 7.92. The van der Waals surface area contributed by atoms with Crippen molar-refractivity contribution in [2.24, 2.45) is 0 Å². The molecule has 0 radical (unpaired) electrons. The lowest BCUT2D eigenvalue weighted by atomic mass is 10.2. The molecule has 3 rings (SSSR count). The van der Waals surface area contributed by atoms with Gasteiger partial charge in [0.2, 0.25) is 5.91 Å². The van der Waals surface area contributed by atoms with Gasteiger partial charge in [-0.05, 0) is 31.5 Å². The van der Waals surface area contributed by atoms with E-state index in [9.17, 15) is 4.79 Å². The highest BCUT2D eigenvalue weighted by Crippen LogP contribution is 2.32. The Morgan fingerprint density at radius 2 is 1.84 bits per heavy atom. The van der Waals surface area contributed by atoms with E-state index < -0.39 is 0 Å². The maximum absolute atomic E-state index is 12.8. The number of ether oxygens (including phenoxy) is 2. The molecule has 1 atom stereocenters. The van der Waals surface area contributed by atoms with Crippen molar-refractivity contribution in [3.8, 4) is 11.5 Å². The van der Waals surface area contributed by atoms with Crippen molar-refractivity contribution in [1.29, 1.82) is 0 Å². The highest BCUT2D eigenvalue weighted by molar-refractivity contribution is 5.84. The smallest absolute Gasteiger partial charge is 0.245 e. The third kappa shape index (κ3) is 4.24. The number of anilines is 1. The van der Waals surface area contributed by atoms with Crippen LogP contribution in [0.1, 0.15) is 19.4 Å². The fourth-order valence-corrected chi connectivity index (χ4v) is 2.87. The zero-order chi connectivity index (χ0) is 17.6. The molecule has 0 saturated carbocycles. The molecule has 0 aliphatic carbocycles. The molecule has 1 N–H and O–H groups in total. The third-order valence-corrected chi connectivity index (χ3v) is 4.21. The van der Waals surface area contributed by atoms with Crippen LogP contribution in [0.4, 0.5) is 5.69 Å². The molecule has 0 aromatic heterocycles. The Morgan fingerprint density at radius 3 is 2.56 bits per heavy atom. The molecular weight excluding hydrogens is 316 g/mol. The molecule has 0 fully saturated rings. The summed E-state index contributed by atoms with van der Waals surface area (Å²) in [6.07, 6.45) is 0. The minimum Gasteiger partial charge on any atom is -0.486 e. The predicted octanol–water partition coefficient (Wildman–Crippen LogP) is 3.31. The number of nitrogens with zero attached hydrogens (tertiary/aromatic N) is 1. The van der Waals surface area contributed by atoms with Gasteiger partial charge in [0.1, 0.15) is 19.3 Å². The maximum atomic E-state index is 12.8. The highest BCUT2D eigenvalue weighted by atomic mass is 16.6. The standard InChI is InChI=1S/C20H24N2O3/c1-3-22(14-16-7-5-4-6-8-16)20(23)15(2)21-17-9-10-18-19(13-17)25-12-11-24-18/h4-10,13,15,21H,3,11-12,14H2,1-2H3/t15-/m1/s1. The largest absolute Gasteiger partial charge is 0.486 e. The number of nitrogens with one attached hydrogen (secondary N) is 1. The molecule has 5 heteroatoms. The monoisotopic (exact) mass is 340 g/mol. The summed E-state index contributed by atoms with van der Waals surface area (Å²) in [5.74, 6) is 1.53. The molecule has 5 nitrogen and oxygen atoms in total. The Balaban J connectivity index is 1.65. The van der Waals surface area contributed by atoms with E-state index in [2.05, 4.69) is 5.32 Å². The molecule has 0 bridgehead atoms. The van der Waals surface area contributed by atoms with Gasteiger partial charge in [-0.2, -0.15) is 0 Å². The van der Waals surface area contributed by atoms with Crippen molar-refractivity contribution in [1.82, 2.24) is 4.90 Å². The van der Waals surface area contributed by atoms with Crippen LogP contribution in [0.15, 0.2) is 48.5 Å². The van der Waals surface area contributed by atoms with Gasteiger partial charge in [-0.15, -0.1) is 0 Å². The number of fused-ring (bicyclic) bond motifs is 1. The number of hydrogen-bond donors (Lipinski definition) is 1. The van der Waals surface area contributed by atoms with Crippen LogP contribution in [-0.2, 0) is 11.3 Å². The van der Waals surface area contributed by atoms with E-state index in [0.29, 0.717) is 32.1 Å². The third-order valence-electron chi connectivity index (χ3n) is 4.21. The normalized spacial score (nSPS) is 13.8. The summed E-state index contributed by atoms with van der Waals surface area (Å²) in [6.45, 7) is 6.28. The van der Waals surface area contributed by atoms with Gasteiger partial charge in [-0.3, -0.25) is 4.79 Å². The first-order valence-corrected chi connectivity index (χ1v) is 8.66. The first kappa shape index (κ1) is 17.1. The van der Waals surface area contributed by atoms with Gasteiger partial charge in [0, 0.05) is 24.8 Å². The fourth-order valence-electron chi connectivity index (χ4n) is 2.87. The summed E-state index contributed by atoms with van der Waals surface area (Å²) in [5, 5.41) is 3.27. The topological polar surface area (TPSA) is 50.8 Å². The van der Waals surface area contributed by atoms with Crippen LogP contribution in [0, 0.1) is 0 Å². The molecule has 2 aromatic carbocycles. The van der Waals surface area contributed by atoms with Gasteiger partial charge in [-0.1, -0.05) is 30.3 Å². The Morgan fingerprint density at radius 1 is 1.12 bits per heavy atom. The van der Waals surface area contributed by atoms with Crippen LogP contribution >= 0.6 is 0 Å². The molecule has 1 heterocycles. The van der Waals surface area contributed by atoms with Gasteiger partial charge in [0.15, 0.2) is 11.5 Å². The van der Waals surface area contributed by atoms with Crippen LogP contribution < -0.4 is 14.8 Å². The van der Waals surface area contributed by atoms with Crippen molar-refractivity contribution < 1.29 is 14.3 Å². The number of hydrogen-bond acceptors (Lipinski definition) is 4.